The molecule has 0 radical (unpaired) electrons. The summed E-state index contributed by atoms with van der Waals surface area (Å²) in [7, 11) is 1.80. The Balaban J connectivity index is 2.22. The highest BCUT2D eigenvalue weighted by atomic mass is 16.3. The molecule has 1 aromatic rings. The number of hydrogen-bond acceptors (Lipinski definition) is 3. The van der Waals surface area contributed by atoms with E-state index in [1.165, 1.54) is 0 Å². The molecule has 0 saturated carbocycles. The fourth-order valence-electron chi connectivity index (χ4n) is 3.13. The maximum absolute atomic E-state index is 12.9. The van der Waals surface area contributed by atoms with Crippen molar-refractivity contribution in [2.24, 2.45) is 5.41 Å². The summed E-state index contributed by atoms with van der Waals surface area (Å²) in [6, 6.07) is 6.88. The average Bonchev–Trinajstić information content (AvgIpc) is 2.47. The smallest absolute Gasteiger partial charge is 0.233 e. The second kappa shape index (κ2) is 6.27. The van der Waals surface area contributed by atoms with Crippen LogP contribution in [-0.2, 0) is 4.79 Å². The van der Waals surface area contributed by atoms with Gasteiger partial charge in [-0.25, -0.2) is 0 Å². The van der Waals surface area contributed by atoms with Crippen LogP contribution in [0.4, 0.5) is 5.69 Å². The Bertz CT molecular complexity index is 462. The molecular weight excluding hydrogens is 252 g/mol. The summed E-state index contributed by atoms with van der Waals surface area (Å²) in [5.74, 6) is 0.364. The maximum atomic E-state index is 12.9. The minimum atomic E-state index is -0.250. The molecule has 0 aromatic heterocycles. The van der Waals surface area contributed by atoms with Crippen LogP contribution < -0.4 is 10.2 Å². The van der Waals surface area contributed by atoms with E-state index in [9.17, 15) is 9.90 Å². The number of phenols is 1. The van der Waals surface area contributed by atoms with Crippen molar-refractivity contribution in [3.63, 3.8) is 0 Å². The van der Waals surface area contributed by atoms with Crippen molar-refractivity contribution in [3.8, 4) is 5.75 Å². The first kappa shape index (κ1) is 14.9. The lowest BCUT2D eigenvalue weighted by Crippen LogP contribution is -2.48. The van der Waals surface area contributed by atoms with Crippen LogP contribution in [0.2, 0.25) is 0 Å². The molecule has 1 aromatic carbocycles. The summed E-state index contributed by atoms with van der Waals surface area (Å²) in [5.41, 5.74) is 0.504. The van der Waals surface area contributed by atoms with Crippen LogP contribution in [0.1, 0.15) is 32.6 Å². The molecule has 0 spiro atoms. The van der Waals surface area contributed by atoms with Gasteiger partial charge in [0, 0.05) is 18.8 Å². The Kier molecular flexibility index (Phi) is 4.65. The lowest BCUT2D eigenvalue weighted by Gasteiger charge is -2.39. The predicted octanol–water partition coefficient (Wildman–Crippen LogP) is 2.52. The normalized spacial score (nSPS) is 17.7. The number of amides is 1. The quantitative estimate of drug-likeness (QED) is 0.888. The van der Waals surface area contributed by atoms with Gasteiger partial charge in [-0.05, 0) is 44.5 Å². The molecule has 1 heterocycles. The number of anilines is 1. The number of aromatic hydroxyl groups is 1. The van der Waals surface area contributed by atoms with Gasteiger partial charge in [0.1, 0.15) is 5.75 Å². The SMILES string of the molecule is CCCC1(C(=O)N(C)c2cccc(O)c2)CCNCC1. The van der Waals surface area contributed by atoms with Crippen LogP contribution in [0.3, 0.4) is 0 Å². The standard InChI is InChI=1S/C16H24N2O2/c1-3-7-16(8-10-17-11-9-16)15(20)18(2)13-5-4-6-14(19)12-13/h4-6,12,17,19H,3,7-11H2,1-2H3. The molecule has 1 fully saturated rings. The van der Waals surface area contributed by atoms with Gasteiger partial charge in [-0.3, -0.25) is 4.79 Å². The molecular formula is C16H24N2O2. The second-order valence-electron chi connectivity index (χ2n) is 5.66. The number of rotatable bonds is 4. The number of nitrogens with zero attached hydrogens (tertiary/aromatic N) is 1. The maximum Gasteiger partial charge on any atom is 0.233 e. The van der Waals surface area contributed by atoms with Crippen molar-refractivity contribution in [2.75, 3.05) is 25.0 Å². The minimum Gasteiger partial charge on any atom is -0.508 e. The third-order valence-corrected chi connectivity index (χ3v) is 4.26. The fraction of sp³-hybridized carbons (Fsp3) is 0.562. The van der Waals surface area contributed by atoms with Gasteiger partial charge >= 0.3 is 0 Å². The molecule has 4 nitrogen and oxygen atoms in total. The van der Waals surface area contributed by atoms with Crippen molar-refractivity contribution in [1.82, 2.24) is 5.32 Å². The first-order chi connectivity index (χ1) is 9.59. The summed E-state index contributed by atoms with van der Waals surface area (Å²) >= 11 is 0. The first-order valence-corrected chi connectivity index (χ1v) is 7.37. The van der Waals surface area contributed by atoms with Gasteiger partial charge in [-0.2, -0.15) is 0 Å². The first-order valence-electron chi connectivity index (χ1n) is 7.37. The van der Waals surface area contributed by atoms with E-state index in [0.29, 0.717) is 0 Å². The van der Waals surface area contributed by atoms with Gasteiger partial charge in [-0.15, -0.1) is 0 Å². The van der Waals surface area contributed by atoms with Gasteiger partial charge < -0.3 is 15.3 Å². The molecule has 110 valence electrons. The highest BCUT2D eigenvalue weighted by Gasteiger charge is 2.40. The average molecular weight is 276 g/mol. The van der Waals surface area contributed by atoms with E-state index < -0.39 is 0 Å². The number of hydrogen-bond donors (Lipinski definition) is 2. The summed E-state index contributed by atoms with van der Waals surface area (Å²) in [4.78, 5) is 14.6. The number of benzene rings is 1. The lowest BCUT2D eigenvalue weighted by atomic mass is 9.74. The molecule has 0 unspecified atom stereocenters. The van der Waals surface area contributed by atoms with Crippen LogP contribution in [0.15, 0.2) is 24.3 Å². The number of nitrogens with one attached hydrogen (secondary N) is 1. The number of carbonyl (C=O) groups is 1. The topological polar surface area (TPSA) is 52.6 Å². The minimum absolute atomic E-state index is 0.173. The van der Waals surface area contributed by atoms with Gasteiger partial charge in [-0.1, -0.05) is 19.4 Å². The Morgan fingerprint density at radius 3 is 2.70 bits per heavy atom. The zero-order valence-electron chi connectivity index (χ0n) is 12.4. The predicted molar refractivity (Wildman–Crippen MR) is 81.0 cm³/mol. The Labute approximate surface area is 120 Å². The van der Waals surface area contributed by atoms with E-state index in [0.717, 1.165) is 44.5 Å². The van der Waals surface area contributed by atoms with E-state index in [1.54, 1.807) is 30.1 Å². The monoisotopic (exact) mass is 276 g/mol. The molecule has 0 aliphatic carbocycles. The van der Waals surface area contributed by atoms with Crippen molar-refractivity contribution in [1.29, 1.82) is 0 Å². The summed E-state index contributed by atoms with van der Waals surface area (Å²) in [6.07, 6.45) is 3.72. The summed E-state index contributed by atoms with van der Waals surface area (Å²) < 4.78 is 0. The third kappa shape index (κ3) is 2.96. The Morgan fingerprint density at radius 2 is 2.10 bits per heavy atom. The van der Waals surface area contributed by atoms with Gasteiger partial charge in [0.25, 0.3) is 0 Å². The van der Waals surface area contributed by atoms with E-state index in [2.05, 4.69) is 12.2 Å². The summed E-state index contributed by atoms with van der Waals surface area (Å²) in [6.45, 7) is 3.94. The van der Waals surface area contributed by atoms with Gasteiger partial charge in [0.2, 0.25) is 5.91 Å². The Hall–Kier alpha value is -1.55. The van der Waals surface area contributed by atoms with E-state index in [4.69, 9.17) is 0 Å². The van der Waals surface area contributed by atoms with E-state index in [-0.39, 0.29) is 17.1 Å². The highest BCUT2D eigenvalue weighted by molar-refractivity contribution is 5.97. The van der Waals surface area contributed by atoms with Crippen LogP contribution >= 0.6 is 0 Å². The van der Waals surface area contributed by atoms with Crippen molar-refractivity contribution in [3.05, 3.63) is 24.3 Å². The molecule has 0 bridgehead atoms. The van der Waals surface area contributed by atoms with E-state index in [1.807, 2.05) is 6.07 Å². The number of phenolic OH excluding ortho intramolecular Hbond substituents is 1. The number of piperidine rings is 1. The fourth-order valence-corrected chi connectivity index (χ4v) is 3.13. The highest BCUT2D eigenvalue weighted by Crippen LogP contribution is 2.37. The van der Waals surface area contributed by atoms with Gasteiger partial charge in [0.15, 0.2) is 0 Å². The van der Waals surface area contributed by atoms with Crippen LogP contribution in [0.25, 0.3) is 0 Å². The third-order valence-electron chi connectivity index (χ3n) is 4.26. The summed E-state index contributed by atoms with van der Waals surface area (Å²) in [5, 5.41) is 12.9. The molecule has 2 N–H and O–H groups in total. The molecule has 20 heavy (non-hydrogen) atoms. The molecule has 1 aliphatic heterocycles. The molecule has 2 rings (SSSR count). The van der Waals surface area contributed by atoms with Crippen molar-refractivity contribution in [2.45, 2.75) is 32.6 Å². The second-order valence-corrected chi connectivity index (χ2v) is 5.66. The molecule has 4 heteroatoms. The van der Waals surface area contributed by atoms with Gasteiger partial charge in [0.05, 0.1) is 5.41 Å². The van der Waals surface area contributed by atoms with E-state index >= 15 is 0 Å². The molecule has 0 atom stereocenters. The van der Waals surface area contributed by atoms with Crippen molar-refractivity contribution < 1.29 is 9.90 Å². The van der Waals surface area contributed by atoms with Crippen LogP contribution in [0, 0.1) is 5.41 Å². The molecule has 1 amide bonds. The Morgan fingerprint density at radius 1 is 1.40 bits per heavy atom. The zero-order valence-corrected chi connectivity index (χ0v) is 12.4. The molecule has 1 aliphatic rings. The zero-order chi connectivity index (χ0) is 14.6. The lowest BCUT2D eigenvalue weighted by molar-refractivity contribution is -0.130. The van der Waals surface area contributed by atoms with Crippen LogP contribution in [0.5, 0.6) is 5.75 Å². The largest absolute Gasteiger partial charge is 0.508 e. The van der Waals surface area contributed by atoms with Crippen LogP contribution in [-0.4, -0.2) is 31.2 Å². The molecule has 1 saturated heterocycles. The van der Waals surface area contributed by atoms with Crippen molar-refractivity contribution >= 4 is 11.6 Å². The number of carbonyl (C=O) groups excluding carboxylic acids is 1.